The zero-order valence-corrected chi connectivity index (χ0v) is 24.4. The molecule has 0 aliphatic rings. The van der Waals surface area contributed by atoms with E-state index in [1.54, 1.807) is 10.6 Å². The number of carboxylic acid groups (broad SMARTS) is 2. The third-order valence-corrected chi connectivity index (χ3v) is 7.17. The largest absolute Gasteiger partial charge is 0.490 e. The van der Waals surface area contributed by atoms with Crippen molar-refractivity contribution in [2.45, 2.75) is 39.7 Å². The molecule has 0 saturated heterocycles. The quantitative estimate of drug-likeness (QED) is 0.116. The molecular formula is C34H34ClNO6. The molecule has 0 aliphatic carbocycles. The van der Waals surface area contributed by atoms with Crippen LogP contribution in [-0.4, -0.2) is 39.9 Å². The van der Waals surface area contributed by atoms with Crippen molar-refractivity contribution in [2.75, 3.05) is 13.2 Å². The van der Waals surface area contributed by atoms with E-state index in [-0.39, 0.29) is 13.0 Å². The molecule has 2 N–H and O–H groups in total. The maximum Gasteiger partial charge on any atom is 0.323 e. The standard InChI is InChI=1S/C34H34ClNO6/c1-23-21-27(35)15-18-31(23)42-20-4-3-19-41-28-16-12-25(13-17-28)11-14-26-7-5-9-30-29(8-6-10-32(37)38)24(2)36(34(26)30)22-33(39)40/h3-5,7,9,11-18,21H,6,8,10,19-20,22H2,1-2H3,(H,37,38)(H,39,40)/b4-3+,14-11+. The number of para-hydroxylation sites is 1. The number of carboxylic acids is 2. The predicted molar refractivity (Wildman–Crippen MR) is 167 cm³/mol. The monoisotopic (exact) mass is 587 g/mol. The lowest BCUT2D eigenvalue weighted by Gasteiger charge is -2.08. The molecule has 42 heavy (non-hydrogen) atoms. The zero-order valence-electron chi connectivity index (χ0n) is 23.7. The van der Waals surface area contributed by atoms with Gasteiger partial charge in [0.15, 0.2) is 0 Å². The van der Waals surface area contributed by atoms with E-state index in [0.29, 0.717) is 31.1 Å². The fraction of sp³-hybridized carbons (Fsp3) is 0.235. The van der Waals surface area contributed by atoms with Crippen LogP contribution in [0.25, 0.3) is 23.1 Å². The number of halogens is 1. The van der Waals surface area contributed by atoms with E-state index < -0.39 is 11.9 Å². The van der Waals surface area contributed by atoms with Gasteiger partial charge < -0.3 is 24.3 Å². The second-order valence-corrected chi connectivity index (χ2v) is 10.4. The van der Waals surface area contributed by atoms with Crippen LogP contribution in [-0.2, 0) is 22.6 Å². The van der Waals surface area contributed by atoms with Crippen LogP contribution in [0.3, 0.4) is 0 Å². The summed E-state index contributed by atoms with van der Waals surface area (Å²) in [7, 11) is 0. The molecule has 0 bridgehead atoms. The van der Waals surface area contributed by atoms with Crippen LogP contribution in [0.1, 0.15) is 40.8 Å². The number of aliphatic carboxylic acids is 2. The number of benzene rings is 3. The van der Waals surface area contributed by atoms with Gasteiger partial charge in [0.25, 0.3) is 0 Å². The van der Waals surface area contributed by atoms with Crippen LogP contribution in [0.2, 0.25) is 5.02 Å². The van der Waals surface area contributed by atoms with Crippen LogP contribution in [0.5, 0.6) is 11.5 Å². The van der Waals surface area contributed by atoms with Crippen LogP contribution in [0.4, 0.5) is 0 Å². The molecule has 3 aromatic carbocycles. The molecule has 8 heteroatoms. The second-order valence-electron chi connectivity index (χ2n) is 9.94. The van der Waals surface area contributed by atoms with Crippen molar-refractivity contribution in [3.05, 3.63) is 106 Å². The number of nitrogens with zero attached hydrogens (tertiary/aromatic N) is 1. The highest BCUT2D eigenvalue weighted by molar-refractivity contribution is 6.30. The Morgan fingerprint density at radius 1 is 0.905 bits per heavy atom. The van der Waals surface area contributed by atoms with Crippen LogP contribution >= 0.6 is 11.6 Å². The summed E-state index contributed by atoms with van der Waals surface area (Å²) in [5, 5.41) is 20.2. The van der Waals surface area contributed by atoms with Crippen molar-refractivity contribution < 1.29 is 29.3 Å². The molecule has 218 valence electrons. The Hall–Kier alpha value is -4.49. The Morgan fingerprint density at radius 3 is 2.33 bits per heavy atom. The van der Waals surface area contributed by atoms with E-state index >= 15 is 0 Å². The van der Waals surface area contributed by atoms with Gasteiger partial charge in [0.05, 0.1) is 5.52 Å². The maximum absolute atomic E-state index is 11.7. The molecule has 4 aromatic rings. The third-order valence-electron chi connectivity index (χ3n) is 6.94. The topological polar surface area (TPSA) is 98.0 Å². The average Bonchev–Trinajstić information content (AvgIpc) is 3.21. The molecule has 0 aliphatic heterocycles. The lowest BCUT2D eigenvalue weighted by atomic mass is 10.0. The summed E-state index contributed by atoms with van der Waals surface area (Å²) >= 11 is 5.98. The van der Waals surface area contributed by atoms with Crippen molar-refractivity contribution >= 4 is 46.6 Å². The Balaban J connectivity index is 1.40. The van der Waals surface area contributed by atoms with E-state index in [4.69, 9.17) is 26.2 Å². The predicted octanol–water partition coefficient (Wildman–Crippen LogP) is 7.59. The Kier molecular flexibility index (Phi) is 10.5. The van der Waals surface area contributed by atoms with Crippen LogP contribution < -0.4 is 9.47 Å². The number of hydrogen-bond acceptors (Lipinski definition) is 4. The summed E-state index contributed by atoms with van der Waals surface area (Å²) < 4.78 is 13.4. The van der Waals surface area contributed by atoms with E-state index in [0.717, 1.165) is 50.3 Å². The first-order valence-electron chi connectivity index (χ1n) is 13.7. The lowest BCUT2D eigenvalue weighted by Crippen LogP contribution is -2.10. The Bertz CT molecular complexity index is 1620. The first kappa shape index (κ1) is 30.5. The van der Waals surface area contributed by atoms with Crippen molar-refractivity contribution in [1.29, 1.82) is 0 Å². The van der Waals surface area contributed by atoms with Gasteiger partial charge in [0, 0.05) is 22.5 Å². The molecule has 0 spiro atoms. The van der Waals surface area contributed by atoms with Gasteiger partial charge in [-0.25, -0.2) is 0 Å². The normalized spacial score (nSPS) is 11.5. The number of aryl methyl sites for hydroxylation is 2. The summed E-state index contributed by atoms with van der Waals surface area (Å²) in [4.78, 5) is 22.7. The summed E-state index contributed by atoms with van der Waals surface area (Å²) in [6.45, 7) is 4.53. The van der Waals surface area contributed by atoms with Crippen molar-refractivity contribution in [3.63, 3.8) is 0 Å². The third kappa shape index (κ3) is 8.04. The average molecular weight is 588 g/mol. The van der Waals surface area contributed by atoms with E-state index in [9.17, 15) is 14.7 Å². The van der Waals surface area contributed by atoms with Crippen molar-refractivity contribution in [1.82, 2.24) is 4.57 Å². The van der Waals surface area contributed by atoms with Crippen LogP contribution in [0, 0.1) is 13.8 Å². The summed E-state index contributed by atoms with van der Waals surface area (Å²) in [6, 6.07) is 19.1. The molecule has 7 nitrogen and oxygen atoms in total. The molecule has 0 atom stereocenters. The summed E-state index contributed by atoms with van der Waals surface area (Å²) in [5.74, 6) is -0.231. The minimum absolute atomic E-state index is 0.0685. The fourth-order valence-corrected chi connectivity index (χ4v) is 5.11. The van der Waals surface area contributed by atoms with Crippen molar-refractivity contribution in [2.24, 2.45) is 0 Å². The van der Waals surface area contributed by atoms with Gasteiger partial charge in [-0.2, -0.15) is 0 Å². The highest BCUT2D eigenvalue weighted by Crippen LogP contribution is 2.31. The molecule has 1 aromatic heterocycles. The minimum Gasteiger partial charge on any atom is -0.490 e. The highest BCUT2D eigenvalue weighted by Gasteiger charge is 2.18. The highest BCUT2D eigenvalue weighted by atomic mass is 35.5. The number of ether oxygens (including phenoxy) is 2. The zero-order chi connectivity index (χ0) is 30.1. The number of hydrogen-bond donors (Lipinski definition) is 2. The lowest BCUT2D eigenvalue weighted by molar-refractivity contribution is -0.138. The van der Waals surface area contributed by atoms with Crippen LogP contribution in [0.15, 0.2) is 72.8 Å². The van der Waals surface area contributed by atoms with Gasteiger partial charge in [0.2, 0.25) is 0 Å². The van der Waals surface area contributed by atoms with E-state index in [1.807, 2.05) is 92.7 Å². The fourth-order valence-electron chi connectivity index (χ4n) is 4.89. The molecule has 0 fully saturated rings. The van der Waals surface area contributed by atoms with Gasteiger partial charge >= 0.3 is 11.9 Å². The molecular weight excluding hydrogens is 554 g/mol. The first-order valence-corrected chi connectivity index (χ1v) is 14.1. The smallest absolute Gasteiger partial charge is 0.323 e. The molecule has 4 rings (SSSR count). The van der Waals surface area contributed by atoms with E-state index in [2.05, 4.69) is 0 Å². The molecule has 1 heterocycles. The van der Waals surface area contributed by atoms with Gasteiger partial charge in [-0.05, 0) is 91.4 Å². The molecule has 0 radical (unpaired) electrons. The Labute approximate surface area is 250 Å². The first-order chi connectivity index (χ1) is 20.2. The van der Waals surface area contributed by atoms with Gasteiger partial charge in [-0.3, -0.25) is 9.59 Å². The summed E-state index contributed by atoms with van der Waals surface area (Å²) in [6.07, 6.45) is 8.89. The Morgan fingerprint density at radius 2 is 1.64 bits per heavy atom. The second kappa shape index (κ2) is 14.4. The van der Waals surface area contributed by atoms with Crippen molar-refractivity contribution in [3.8, 4) is 11.5 Å². The summed E-state index contributed by atoms with van der Waals surface area (Å²) in [5.41, 5.74) is 5.52. The SMILES string of the molecule is Cc1cc(Cl)ccc1OC/C=C/COc1ccc(/C=C/c2cccc3c(CCCC(=O)O)c(C)n(CC(=O)O)c23)cc1. The van der Waals surface area contributed by atoms with Gasteiger partial charge in [0.1, 0.15) is 31.3 Å². The molecule has 0 amide bonds. The maximum atomic E-state index is 11.7. The number of fused-ring (bicyclic) bond motifs is 1. The van der Waals surface area contributed by atoms with E-state index in [1.165, 1.54) is 0 Å². The van der Waals surface area contributed by atoms with Gasteiger partial charge in [-0.1, -0.05) is 54.1 Å². The molecule has 0 saturated carbocycles. The number of aromatic nitrogens is 1. The van der Waals surface area contributed by atoms with Gasteiger partial charge in [-0.15, -0.1) is 0 Å². The molecule has 0 unspecified atom stereocenters. The number of carbonyl (C=O) groups is 2. The number of rotatable bonds is 14. The minimum atomic E-state index is -0.930.